The Bertz CT molecular complexity index is 953. The number of nitrogens with two attached hydrogens (primary N) is 1. The number of rotatable bonds is 6. The van der Waals surface area contributed by atoms with Gasteiger partial charge < -0.3 is 4.98 Å². The van der Waals surface area contributed by atoms with Crippen LogP contribution in [0.25, 0.3) is 10.9 Å². The average molecular weight is 394 g/mol. The molecular weight excluding hydrogens is 366 g/mol. The molecule has 2 atom stereocenters. The number of H-pyrrole nitrogens is 1. The van der Waals surface area contributed by atoms with Crippen LogP contribution in [-0.4, -0.2) is 21.7 Å². The van der Waals surface area contributed by atoms with E-state index in [9.17, 15) is 4.79 Å². The van der Waals surface area contributed by atoms with Crippen LogP contribution in [0.4, 0.5) is 0 Å². The lowest BCUT2D eigenvalue weighted by molar-refractivity contribution is -0.134. The van der Waals surface area contributed by atoms with E-state index < -0.39 is 0 Å². The summed E-state index contributed by atoms with van der Waals surface area (Å²) in [6.07, 6.45) is 3.89. The van der Waals surface area contributed by atoms with Crippen molar-refractivity contribution in [1.29, 1.82) is 0 Å². The number of para-hydroxylation sites is 1. The number of carbonyl (C=O) groups excluding carboxylic acids is 1. The van der Waals surface area contributed by atoms with Crippen molar-refractivity contribution >= 4 is 28.6 Å². The smallest absolute Gasteiger partial charge is 0.245 e. The highest BCUT2D eigenvalue weighted by Gasteiger charge is 2.34. The number of aryl methyl sites for hydroxylation is 1. The van der Waals surface area contributed by atoms with Gasteiger partial charge in [-0.25, -0.2) is 5.84 Å². The second-order valence-electron chi connectivity index (χ2n) is 7.39. The van der Waals surface area contributed by atoms with Gasteiger partial charge in [0.1, 0.15) is 5.37 Å². The third-order valence-corrected chi connectivity index (χ3v) is 6.92. The molecule has 3 aromatic rings. The quantitative estimate of drug-likeness (QED) is 0.264. The molecule has 28 heavy (non-hydrogen) atoms. The first-order chi connectivity index (χ1) is 13.7. The number of thioether (sulfide) groups is 1. The van der Waals surface area contributed by atoms with Crippen molar-refractivity contribution < 1.29 is 4.79 Å². The fourth-order valence-corrected chi connectivity index (χ4v) is 5.24. The average Bonchev–Trinajstić information content (AvgIpc) is 3.13. The lowest BCUT2D eigenvalue weighted by atomic mass is 9.84. The topological polar surface area (TPSA) is 62.1 Å². The van der Waals surface area contributed by atoms with E-state index in [1.807, 2.05) is 30.3 Å². The fraction of sp³-hybridized carbons (Fsp3) is 0.348. The lowest BCUT2D eigenvalue weighted by Gasteiger charge is -2.32. The molecule has 1 aromatic heterocycles. The summed E-state index contributed by atoms with van der Waals surface area (Å²) in [5.74, 6) is 7.28. The van der Waals surface area contributed by atoms with Gasteiger partial charge in [-0.2, -0.15) is 0 Å². The summed E-state index contributed by atoms with van der Waals surface area (Å²) in [5.41, 5.74) is 4.52. The molecule has 4 rings (SSSR count). The molecule has 5 heteroatoms. The number of benzene rings is 2. The summed E-state index contributed by atoms with van der Waals surface area (Å²) in [5, 5.41) is 2.47. The Hall–Kier alpha value is -2.24. The number of hydrogen-bond acceptors (Lipinski definition) is 3. The number of nitrogens with one attached hydrogen (secondary N) is 1. The fourth-order valence-electron chi connectivity index (χ4n) is 4.17. The van der Waals surface area contributed by atoms with Gasteiger partial charge in [0.15, 0.2) is 0 Å². The number of fused-ring (bicyclic) bond motifs is 3. The Labute approximate surface area is 170 Å². The number of aromatic amines is 1. The molecule has 3 N–H and O–H groups in total. The van der Waals surface area contributed by atoms with Gasteiger partial charge in [-0.3, -0.25) is 9.80 Å². The number of carbonyl (C=O) groups is 1. The molecule has 0 spiro atoms. The Morgan fingerprint density at radius 2 is 1.96 bits per heavy atom. The monoisotopic (exact) mass is 393 g/mol. The molecule has 1 amide bonds. The number of hydrogen-bond donors (Lipinski definition) is 2. The van der Waals surface area contributed by atoms with Crippen molar-refractivity contribution in [3.05, 3.63) is 71.4 Å². The Kier molecular flexibility index (Phi) is 5.74. The Morgan fingerprint density at radius 3 is 2.75 bits per heavy atom. The molecule has 2 aromatic carbocycles. The van der Waals surface area contributed by atoms with Crippen LogP contribution in [0.2, 0.25) is 0 Å². The van der Waals surface area contributed by atoms with Crippen LogP contribution in [-0.2, 0) is 11.2 Å². The molecule has 0 bridgehead atoms. The summed E-state index contributed by atoms with van der Waals surface area (Å²) >= 11 is 1.73. The largest absolute Gasteiger partial charge is 0.358 e. The number of amides is 1. The van der Waals surface area contributed by atoms with Crippen LogP contribution < -0.4 is 5.84 Å². The highest BCUT2D eigenvalue weighted by molar-refractivity contribution is 7.99. The third kappa shape index (κ3) is 3.56. The van der Waals surface area contributed by atoms with E-state index in [1.165, 1.54) is 10.7 Å². The zero-order chi connectivity index (χ0) is 19.5. The summed E-state index contributed by atoms with van der Waals surface area (Å²) in [6.45, 7) is 2.15. The van der Waals surface area contributed by atoms with Crippen LogP contribution in [0, 0.1) is 0 Å². The van der Waals surface area contributed by atoms with Gasteiger partial charge in [0.2, 0.25) is 5.91 Å². The van der Waals surface area contributed by atoms with Crippen LogP contribution in [0.15, 0.2) is 54.6 Å². The second-order valence-corrected chi connectivity index (χ2v) is 8.58. The van der Waals surface area contributed by atoms with Crippen molar-refractivity contribution in [2.45, 2.75) is 43.9 Å². The maximum Gasteiger partial charge on any atom is 0.245 e. The van der Waals surface area contributed by atoms with E-state index in [1.54, 1.807) is 11.8 Å². The normalized spacial score (nSPS) is 17.3. The van der Waals surface area contributed by atoms with Crippen molar-refractivity contribution in [2.75, 3.05) is 5.75 Å². The molecular formula is C23H27N3OS. The van der Waals surface area contributed by atoms with E-state index in [0.29, 0.717) is 0 Å². The molecule has 0 saturated heterocycles. The van der Waals surface area contributed by atoms with Crippen LogP contribution in [0.3, 0.4) is 0 Å². The predicted octanol–water partition coefficient (Wildman–Crippen LogP) is 5.13. The molecule has 146 valence electrons. The number of nitrogens with zero attached hydrogens (tertiary/aromatic N) is 1. The molecule has 1 heterocycles. The van der Waals surface area contributed by atoms with Crippen LogP contribution >= 0.6 is 11.8 Å². The van der Waals surface area contributed by atoms with Gasteiger partial charge in [-0.15, -0.1) is 11.8 Å². The van der Waals surface area contributed by atoms with E-state index in [4.69, 9.17) is 5.84 Å². The summed E-state index contributed by atoms with van der Waals surface area (Å²) in [4.78, 5) is 17.1. The summed E-state index contributed by atoms with van der Waals surface area (Å²) in [7, 11) is 0. The van der Waals surface area contributed by atoms with Gasteiger partial charge in [-0.05, 0) is 48.6 Å². The molecule has 1 aliphatic rings. The van der Waals surface area contributed by atoms with Crippen LogP contribution in [0.5, 0.6) is 0 Å². The zero-order valence-corrected chi connectivity index (χ0v) is 17.0. The molecule has 2 unspecified atom stereocenters. The van der Waals surface area contributed by atoms with Crippen molar-refractivity contribution in [3.8, 4) is 0 Å². The molecule has 0 radical (unpaired) electrons. The SMILES string of the molecule is CCCSC(c1ccccc1)N(N)C(=O)C1CCCc2[nH]c3ccccc3c21. The van der Waals surface area contributed by atoms with Crippen molar-refractivity contribution in [1.82, 2.24) is 9.99 Å². The first kappa shape index (κ1) is 19.1. The number of hydrazine groups is 1. The second kappa shape index (κ2) is 8.41. The van der Waals surface area contributed by atoms with Gasteiger partial charge >= 0.3 is 0 Å². The molecule has 1 aliphatic carbocycles. The lowest BCUT2D eigenvalue weighted by Crippen LogP contribution is -2.43. The van der Waals surface area contributed by atoms with E-state index in [0.717, 1.165) is 53.5 Å². The minimum Gasteiger partial charge on any atom is -0.358 e. The molecule has 0 aliphatic heterocycles. The molecule has 0 fully saturated rings. The van der Waals surface area contributed by atoms with E-state index >= 15 is 0 Å². The van der Waals surface area contributed by atoms with Crippen molar-refractivity contribution in [2.24, 2.45) is 5.84 Å². The van der Waals surface area contributed by atoms with Gasteiger partial charge in [0.05, 0.1) is 5.92 Å². The predicted molar refractivity (Wildman–Crippen MR) is 117 cm³/mol. The minimum absolute atomic E-state index is 0.0168. The first-order valence-corrected chi connectivity index (χ1v) is 11.1. The Morgan fingerprint density at radius 1 is 1.21 bits per heavy atom. The standard InChI is InChI=1S/C23H27N3OS/c1-2-15-28-23(16-9-4-3-5-10-16)26(24)22(27)18-12-8-14-20-21(18)17-11-6-7-13-19(17)25-20/h3-7,9-11,13,18,23,25H,2,8,12,14-15,24H2,1H3. The minimum atomic E-state index is -0.182. The number of aromatic nitrogens is 1. The van der Waals surface area contributed by atoms with Gasteiger partial charge in [-0.1, -0.05) is 55.5 Å². The highest BCUT2D eigenvalue weighted by Crippen LogP contribution is 2.40. The molecule has 0 saturated carbocycles. The maximum absolute atomic E-state index is 13.6. The summed E-state index contributed by atoms with van der Waals surface area (Å²) in [6, 6.07) is 18.4. The van der Waals surface area contributed by atoms with Gasteiger partial charge in [0, 0.05) is 16.6 Å². The van der Waals surface area contributed by atoms with E-state index in [-0.39, 0.29) is 17.2 Å². The first-order valence-electron chi connectivity index (χ1n) is 10.0. The Balaban J connectivity index is 1.67. The highest BCUT2D eigenvalue weighted by atomic mass is 32.2. The zero-order valence-electron chi connectivity index (χ0n) is 16.2. The molecule has 4 nitrogen and oxygen atoms in total. The maximum atomic E-state index is 13.6. The third-order valence-electron chi connectivity index (χ3n) is 5.47. The van der Waals surface area contributed by atoms with E-state index in [2.05, 4.69) is 36.2 Å². The van der Waals surface area contributed by atoms with Gasteiger partial charge in [0.25, 0.3) is 0 Å². The van der Waals surface area contributed by atoms with Crippen molar-refractivity contribution in [3.63, 3.8) is 0 Å². The summed E-state index contributed by atoms with van der Waals surface area (Å²) < 4.78 is 0. The van der Waals surface area contributed by atoms with Crippen LogP contribution in [0.1, 0.15) is 54.3 Å².